The zero-order chi connectivity index (χ0) is 17.8. The summed E-state index contributed by atoms with van der Waals surface area (Å²) in [5, 5.41) is -0.149. The molecule has 0 spiro atoms. The zero-order valence-electron chi connectivity index (χ0n) is 14.3. The van der Waals surface area contributed by atoms with Gasteiger partial charge in [-0.05, 0) is 37.5 Å². The molecule has 0 radical (unpaired) electrons. The predicted octanol–water partition coefficient (Wildman–Crippen LogP) is 2.31. The number of benzene rings is 1. The van der Waals surface area contributed by atoms with Crippen LogP contribution in [-0.2, 0) is 16.0 Å². The van der Waals surface area contributed by atoms with Crippen LogP contribution < -0.4 is 4.74 Å². The minimum absolute atomic E-state index is 0.0653. The Kier molecular flexibility index (Phi) is 5.63. The van der Waals surface area contributed by atoms with Crippen LogP contribution in [0, 0.1) is 0 Å². The molecule has 3 rings (SSSR count). The Morgan fingerprint density at radius 3 is 2.44 bits per heavy atom. The molecule has 3 amide bonds. The number of carbonyl (C=O) groups excluding carboxylic acids is 3. The van der Waals surface area contributed by atoms with Gasteiger partial charge in [0.05, 0.1) is 18.8 Å². The summed E-state index contributed by atoms with van der Waals surface area (Å²) >= 11 is 1.07. The summed E-state index contributed by atoms with van der Waals surface area (Å²) in [4.78, 5) is 39.3. The Balaban J connectivity index is 1.51. The van der Waals surface area contributed by atoms with Crippen LogP contribution in [0.3, 0.4) is 0 Å². The van der Waals surface area contributed by atoms with Crippen molar-refractivity contribution in [1.82, 2.24) is 9.80 Å². The van der Waals surface area contributed by atoms with Gasteiger partial charge in [-0.2, -0.15) is 0 Å². The summed E-state index contributed by atoms with van der Waals surface area (Å²) in [5.74, 6) is 1.03. The van der Waals surface area contributed by atoms with E-state index >= 15 is 0 Å². The van der Waals surface area contributed by atoms with Gasteiger partial charge in [0.1, 0.15) is 5.75 Å². The average molecular weight is 362 g/mol. The lowest BCUT2D eigenvalue weighted by atomic mass is 10.0. The lowest BCUT2D eigenvalue weighted by Gasteiger charge is -2.35. The maximum Gasteiger partial charge on any atom is 0.289 e. The number of thioether (sulfide) groups is 1. The Labute approximate surface area is 151 Å². The normalized spacial score (nSPS) is 18.8. The van der Waals surface area contributed by atoms with Crippen molar-refractivity contribution in [2.45, 2.75) is 32.2 Å². The molecule has 134 valence electrons. The smallest absolute Gasteiger partial charge is 0.289 e. The van der Waals surface area contributed by atoms with Crippen molar-refractivity contribution < 1.29 is 19.1 Å². The summed E-state index contributed by atoms with van der Waals surface area (Å²) in [5.41, 5.74) is 0.955. The molecule has 7 heteroatoms. The van der Waals surface area contributed by atoms with E-state index in [0.29, 0.717) is 39.0 Å². The number of piperidine rings is 1. The maximum atomic E-state index is 12.5. The van der Waals surface area contributed by atoms with Crippen LogP contribution in [0.15, 0.2) is 24.3 Å². The van der Waals surface area contributed by atoms with Crippen molar-refractivity contribution in [1.29, 1.82) is 0 Å². The summed E-state index contributed by atoms with van der Waals surface area (Å²) in [6.45, 7) is 3.72. The van der Waals surface area contributed by atoms with E-state index in [1.807, 2.05) is 36.1 Å². The van der Waals surface area contributed by atoms with Crippen molar-refractivity contribution in [3.8, 4) is 5.75 Å². The molecule has 6 nitrogen and oxygen atoms in total. The summed E-state index contributed by atoms with van der Waals surface area (Å²) < 4.78 is 5.40. The van der Waals surface area contributed by atoms with Gasteiger partial charge in [0, 0.05) is 19.1 Å². The molecule has 25 heavy (non-hydrogen) atoms. The first-order valence-electron chi connectivity index (χ1n) is 8.57. The number of hydrogen-bond acceptors (Lipinski definition) is 5. The third-order valence-electron chi connectivity index (χ3n) is 4.56. The first-order chi connectivity index (χ1) is 12.1. The van der Waals surface area contributed by atoms with Crippen molar-refractivity contribution in [2.24, 2.45) is 0 Å². The standard InChI is InChI=1S/C18H22N2O4S/c1-2-24-15-5-3-13(4-6-15)11-16(21)19-9-7-14(8-10-19)20-17(22)12-25-18(20)23/h3-6,14H,2,7-12H2,1H3. The minimum Gasteiger partial charge on any atom is -0.494 e. The van der Waals surface area contributed by atoms with Gasteiger partial charge < -0.3 is 9.64 Å². The maximum absolute atomic E-state index is 12.5. The molecular weight excluding hydrogens is 340 g/mol. The van der Waals surface area contributed by atoms with E-state index in [0.717, 1.165) is 23.1 Å². The second-order valence-electron chi connectivity index (χ2n) is 6.18. The van der Waals surface area contributed by atoms with Crippen LogP contribution in [0.25, 0.3) is 0 Å². The lowest BCUT2D eigenvalue weighted by molar-refractivity contribution is -0.132. The van der Waals surface area contributed by atoms with Crippen molar-refractivity contribution >= 4 is 28.8 Å². The number of imide groups is 1. The molecule has 0 aromatic heterocycles. The Bertz CT molecular complexity index is 638. The molecule has 0 saturated carbocycles. The fourth-order valence-electron chi connectivity index (χ4n) is 3.25. The van der Waals surface area contributed by atoms with Gasteiger partial charge in [-0.3, -0.25) is 19.3 Å². The van der Waals surface area contributed by atoms with Crippen LogP contribution in [0.4, 0.5) is 4.79 Å². The number of rotatable bonds is 5. The number of nitrogens with zero attached hydrogens (tertiary/aromatic N) is 2. The molecule has 0 unspecified atom stereocenters. The van der Waals surface area contributed by atoms with Gasteiger partial charge in [-0.15, -0.1) is 0 Å². The molecule has 1 aromatic carbocycles. The van der Waals surface area contributed by atoms with Gasteiger partial charge >= 0.3 is 0 Å². The molecular formula is C18H22N2O4S. The molecule has 0 aliphatic carbocycles. The predicted molar refractivity (Wildman–Crippen MR) is 95.6 cm³/mol. The molecule has 0 N–H and O–H groups in total. The van der Waals surface area contributed by atoms with Crippen molar-refractivity contribution in [2.75, 3.05) is 25.4 Å². The molecule has 2 saturated heterocycles. The van der Waals surface area contributed by atoms with Crippen LogP contribution in [-0.4, -0.2) is 58.3 Å². The molecule has 2 aliphatic rings. The van der Waals surface area contributed by atoms with Gasteiger partial charge in [-0.1, -0.05) is 23.9 Å². The Morgan fingerprint density at radius 2 is 1.88 bits per heavy atom. The second-order valence-corrected chi connectivity index (χ2v) is 7.11. The van der Waals surface area contributed by atoms with E-state index in [2.05, 4.69) is 0 Å². The molecule has 2 fully saturated rings. The van der Waals surface area contributed by atoms with E-state index in [1.54, 1.807) is 0 Å². The monoisotopic (exact) mass is 362 g/mol. The molecule has 2 aliphatic heterocycles. The largest absolute Gasteiger partial charge is 0.494 e. The number of ether oxygens (including phenoxy) is 1. The third kappa shape index (κ3) is 4.15. The SMILES string of the molecule is CCOc1ccc(CC(=O)N2CCC(N3C(=O)CSC3=O)CC2)cc1. The molecule has 0 atom stereocenters. The van der Waals surface area contributed by atoms with Gasteiger partial charge in [-0.25, -0.2) is 0 Å². The van der Waals surface area contributed by atoms with Crippen molar-refractivity contribution in [3.63, 3.8) is 0 Å². The van der Waals surface area contributed by atoms with E-state index in [-0.39, 0.29) is 28.8 Å². The number of amides is 3. The summed E-state index contributed by atoms with van der Waals surface area (Å²) in [6, 6.07) is 7.51. The molecule has 2 heterocycles. The lowest BCUT2D eigenvalue weighted by Crippen LogP contribution is -2.48. The topological polar surface area (TPSA) is 66.9 Å². The van der Waals surface area contributed by atoms with Gasteiger partial charge in [0.15, 0.2) is 0 Å². The number of hydrogen-bond donors (Lipinski definition) is 0. The van der Waals surface area contributed by atoms with Crippen LogP contribution in [0.5, 0.6) is 5.75 Å². The van der Waals surface area contributed by atoms with Crippen molar-refractivity contribution in [3.05, 3.63) is 29.8 Å². The Hall–Kier alpha value is -2.02. The van der Waals surface area contributed by atoms with Gasteiger partial charge in [0.25, 0.3) is 5.24 Å². The highest BCUT2D eigenvalue weighted by Gasteiger charge is 2.37. The Morgan fingerprint density at radius 1 is 1.20 bits per heavy atom. The second kappa shape index (κ2) is 7.91. The molecule has 1 aromatic rings. The fourth-order valence-corrected chi connectivity index (χ4v) is 4.02. The van der Waals surface area contributed by atoms with E-state index in [1.165, 1.54) is 4.90 Å². The van der Waals surface area contributed by atoms with E-state index in [4.69, 9.17) is 4.74 Å². The van der Waals surface area contributed by atoms with Crippen LogP contribution in [0.2, 0.25) is 0 Å². The third-order valence-corrected chi connectivity index (χ3v) is 5.39. The van der Waals surface area contributed by atoms with E-state index < -0.39 is 0 Å². The fraction of sp³-hybridized carbons (Fsp3) is 0.500. The summed E-state index contributed by atoms with van der Waals surface area (Å²) in [6.07, 6.45) is 1.68. The number of carbonyl (C=O) groups is 3. The first-order valence-corrected chi connectivity index (χ1v) is 9.55. The highest BCUT2D eigenvalue weighted by Crippen LogP contribution is 2.27. The quantitative estimate of drug-likeness (QED) is 0.804. The zero-order valence-corrected chi connectivity index (χ0v) is 15.1. The minimum atomic E-state index is -0.149. The van der Waals surface area contributed by atoms with Crippen LogP contribution in [0.1, 0.15) is 25.3 Å². The highest BCUT2D eigenvalue weighted by atomic mass is 32.2. The van der Waals surface area contributed by atoms with Crippen LogP contribution >= 0.6 is 11.8 Å². The van der Waals surface area contributed by atoms with Gasteiger partial charge in [0.2, 0.25) is 11.8 Å². The summed E-state index contributed by atoms with van der Waals surface area (Å²) in [7, 11) is 0. The first kappa shape index (κ1) is 17.8. The highest BCUT2D eigenvalue weighted by molar-refractivity contribution is 8.14. The molecule has 0 bridgehead atoms. The van der Waals surface area contributed by atoms with E-state index in [9.17, 15) is 14.4 Å². The number of likely N-dealkylation sites (tertiary alicyclic amines) is 1. The average Bonchev–Trinajstić information content (AvgIpc) is 2.95.